The normalized spacial score (nSPS) is 14.5. The number of aryl methyl sites for hydroxylation is 2. The zero-order valence-electron chi connectivity index (χ0n) is 10.0. The maximum atomic E-state index is 11.2. The molecule has 18 heavy (non-hydrogen) atoms. The van der Waals surface area contributed by atoms with Crippen molar-refractivity contribution in [3.8, 4) is 5.75 Å². The number of aromatic nitrogens is 2. The number of nitrogens with zero attached hydrogens (tertiary/aromatic N) is 3. The zero-order valence-corrected chi connectivity index (χ0v) is 10.0. The molecule has 0 N–H and O–H groups in total. The van der Waals surface area contributed by atoms with Gasteiger partial charge in [0.15, 0.2) is 11.3 Å². The van der Waals surface area contributed by atoms with Gasteiger partial charge in [-0.15, -0.1) is 0 Å². The van der Waals surface area contributed by atoms with Crippen LogP contribution in [0.2, 0.25) is 0 Å². The van der Waals surface area contributed by atoms with Gasteiger partial charge in [-0.1, -0.05) is 0 Å². The van der Waals surface area contributed by atoms with Crippen LogP contribution in [-0.2, 0) is 13.0 Å². The SMILES string of the molecule is COc1ccc2c(nc3n2CCCC3)c1[N+](=O)[O-]. The topological polar surface area (TPSA) is 70.2 Å². The Labute approximate surface area is 103 Å². The van der Waals surface area contributed by atoms with Gasteiger partial charge < -0.3 is 9.30 Å². The van der Waals surface area contributed by atoms with E-state index >= 15 is 0 Å². The number of nitro groups is 1. The average Bonchev–Trinajstić information content (AvgIpc) is 2.75. The number of imidazole rings is 1. The van der Waals surface area contributed by atoms with E-state index in [1.165, 1.54) is 7.11 Å². The molecule has 0 radical (unpaired) electrons. The van der Waals surface area contributed by atoms with Crippen LogP contribution >= 0.6 is 0 Å². The van der Waals surface area contributed by atoms with Gasteiger partial charge in [0.1, 0.15) is 5.82 Å². The molecule has 0 amide bonds. The molecule has 3 rings (SSSR count). The highest BCUT2D eigenvalue weighted by molar-refractivity contribution is 5.88. The number of ether oxygens (including phenoxy) is 1. The van der Waals surface area contributed by atoms with Crippen molar-refractivity contribution in [2.75, 3.05) is 7.11 Å². The van der Waals surface area contributed by atoms with E-state index in [0.29, 0.717) is 5.52 Å². The fourth-order valence-electron chi connectivity index (χ4n) is 2.54. The van der Waals surface area contributed by atoms with Crippen LogP contribution in [0.15, 0.2) is 12.1 Å². The lowest BCUT2D eigenvalue weighted by Crippen LogP contribution is -2.09. The quantitative estimate of drug-likeness (QED) is 0.603. The molecule has 0 atom stereocenters. The number of nitro benzene ring substituents is 1. The molecule has 94 valence electrons. The van der Waals surface area contributed by atoms with Gasteiger partial charge in [0, 0.05) is 13.0 Å². The van der Waals surface area contributed by atoms with E-state index in [2.05, 4.69) is 9.55 Å². The minimum atomic E-state index is -0.416. The van der Waals surface area contributed by atoms with E-state index < -0.39 is 4.92 Å². The minimum Gasteiger partial charge on any atom is -0.490 e. The van der Waals surface area contributed by atoms with Crippen molar-refractivity contribution >= 4 is 16.7 Å². The molecule has 6 heteroatoms. The lowest BCUT2D eigenvalue weighted by Gasteiger charge is -2.13. The van der Waals surface area contributed by atoms with Gasteiger partial charge >= 0.3 is 5.69 Å². The monoisotopic (exact) mass is 247 g/mol. The second kappa shape index (κ2) is 3.97. The fourth-order valence-corrected chi connectivity index (χ4v) is 2.54. The number of methoxy groups -OCH3 is 1. The largest absolute Gasteiger partial charge is 0.490 e. The van der Waals surface area contributed by atoms with Gasteiger partial charge in [-0.25, -0.2) is 4.98 Å². The second-order valence-corrected chi connectivity index (χ2v) is 4.38. The molecule has 0 bridgehead atoms. The maximum absolute atomic E-state index is 11.2. The fraction of sp³-hybridized carbons (Fsp3) is 0.417. The van der Waals surface area contributed by atoms with Crippen LogP contribution in [0.3, 0.4) is 0 Å². The van der Waals surface area contributed by atoms with E-state index in [-0.39, 0.29) is 11.4 Å². The summed E-state index contributed by atoms with van der Waals surface area (Å²) < 4.78 is 7.13. The molecule has 0 spiro atoms. The molecule has 0 saturated carbocycles. The molecule has 1 aromatic carbocycles. The van der Waals surface area contributed by atoms with Crippen molar-refractivity contribution in [2.24, 2.45) is 0 Å². The summed E-state index contributed by atoms with van der Waals surface area (Å²) in [6.45, 7) is 0.884. The number of hydrogen-bond acceptors (Lipinski definition) is 4. The average molecular weight is 247 g/mol. The van der Waals surface area contributed by atoms with Crippen LogP contribution in [0.5, 0.6) is 5.75 Å². The van der Waals surface area contributed by atoms with Crippen molar-refractivity contribution in [2.45, 2.75) is 25.8 Å². The molecule has 0 aliphatic carbocycles. The Morgan fingerprint density at radius 1 is 1.44 bits per heavy atom. The highest BCUT2D eigenvalue weighted by atomic mass is 16.6. The summed E-state index contributed by atoms with van der Waals surface area (Å²) in [5.41, 5.74) is 1.24. The van der Waals surface area contributed by atoms with Crippen molar-refractivity contribution in [3.05, 3.63) is 28.1 Å². The van der Waals surface area contributed by atoms with E-state index in [4.69, 9.17) is 4.74 Å². The van der Waals surface area contributed by atoms with Crippen LogP contribution in [0.1, 0.15) is 18.7 Å². The minimum absolute atomic E-state index is 0.0306. The Kier molecular flexibility index (Phi) is 2.43. The predicted octanol–water partition coefficient (Wildman–Crippen LogP) is 2.29. The summed E-state index contributed by atoms with van der Waals surface area (Å²) in [4.78, 5) is 15.2. The van der Waals surface area contributed by atoms with Crippen LogP contribution in [0.25, 0.3) is 11.0 Å². The molecule has 6 nitrogen and oxygen atoms in total. The third-order valence-corrected chi connectivity index (χ3v) is 3.37. The first kappa shape index (κ1) is 11.0. The Balaban J connectivity index is 2.34. The number of rotatable bonds is 2. The molecule has 1 aliphatic heterocycles. The molecular weight excluding hydrogens is 234 g/mol. The summed E-state index contributed by atoms with van der Waals surface area (Å²) in [6, 6.07) is 3.49. The van der Waals surface area contributed by atoms with E-state index in [1.807, 2.05) is 6.07 Å². The summed E-state index contributed by atoms with van der Waals surface area (Å²) in [6.07, 6.45) is 3.07. The molecule has 0 unspecified atom stereocenters. The third-order valence-electron chi connectivity index (χ3n) is 3.37. The standard InChI is InChI=1S/C12H13N3O3/c1-18-9-6-5-8-11(12(9)15(16)17)13-10-4-2-3-7-14(8)10/h5-6H,2-4,7H2,1H3. The Hall–Kier alpha value is -2.11. The maximum Gasteiger partial charge on any atom is 0.338 e. The molecule has 2 heterocycles. The van der Waals surface area contributed by atoms with Gasteiger partial charge in [-0.05, 0) is 25.0 Å². The Morgan fingerprint density at radius 3 is 3.00 bits per heavy atom. The van der Waals surface area contributed by atoms with Gasteiger partial charge in [0.05, 0.1) is 17.5 Å². The van der Waals surface area contributed by atoms with E-state index in [0.717, 1.165) is 37.1 Å². The van der Waals surface area contributed by atoms with Gasteiger partial charge in [0.2, 0.25) is 0 Å². The molecule has 0 fully saturated rings. The highest BCUT2D eigenvalue weighted by Crippen LogP contribution is 2.36. The number of hydrogen-bond donors (Lipinski definition) is 0. The molecule has 1 aliphatic rings. The third kappa shape index (κ3) is 1.45. The first-order chi connectivity index (χ1) is 8.72. The molecule has 0 saturated heterocycles. The summed E-state index contributed by atoms with van der Waals surface area (Å²) in [7, 11) is 1.43. The van der Waals surface area contributed by atoms with Gasteiger partial charge in [0.25, 0.3) is 0 Å². The smallest absolute Gasteiger partial charge is 0.338 e. The lowest BCUT2D eigenvalue weighted by molar-refractivity contribution is -0.384. The van der Waals surface area contributed by atoms with Crippen LogP contribution in [0, 0.1) is 10.1 Å². The molecule has 2 aromatic rings. The first-order valence-corrected chi connectivity index (χ1v) is 5.93. The molecular formula is C12H13N3O3. The Bertz CT molecular complexity index is 633. The van der Waals surface area contributed by atoms with Gasteiger partial charge in [-0.2, -0.15) is 0 Å². The summed E-state index contributed by atoms with van der Waals surface area (Å²) >= 11 is 0. The second-order valence-electron chi connectivity index (χ2n) is 4.38. The van der Waals surface area contributed by atoms with Crippen LogP contribution in [0.4, 0.5) is 5.69 Å². The van der Waals surface area contributed by atoms with Crippen molar-refractivity contribution < 1.29 is 9.66 Å². The van der Waals surface area contributed by atoms with Gasteiger partial charge in [-0.3, -0.25) is 10.1 Å². The van der Waals surface area contributed by atoms with E-state index in [9.17, 15) is 10.1 Å². The van der Waals surface area contributed by atoms with Crippen LogP contribution < -0.4 is 4.74 Å². The number of benzene rings is 1. The van der Waals surface area contributed by atoms with Crippen LogP contribution in [-0.4, -0.2) is 21.6 Å². The van der Waals surface area contributed by atoms with Crippen molar-refractivity contribution in [1.29, 1.82) is 0 Å². The Morgan fingerprint density at radius 2 is 2.28 bits per heavy atom. The van der Waals surface area contributed by atoms with Crippen molar-refractivity contribution in [3.63, 3.8) is 0 Å². The predicted molar refractivity (Wildman–Crippen MR) is 65.9 cm³/mol. The summed E-state index contributed by atoms with van der Waals surface area (Å²) in [5, 5.41) is 11.2. The first-order valence-electron chi connectivity index (χ1n) is 5.93. The highest BCUT2D eigenvalue weighted by Gasteiger charge is 2.25. The van der Waals surface area contributed by atoms with Crippen molar-refractivity contribution in [1.82, 2.24) is 9.55 Å². The lowest BCUT2D eigenvalue weighted by atomic mass is 10.1. The summed E-state index contributed by atoms with van der Waals surface area (Å²) in [5.74, 6) is 1.20. The zero-order chi connectivity index (χ0) is 12.7. The number of fused-ring (bicyclic) bond motifs is 3. The molecule has 1 aromatic heterocycles. The van der Waals surface area contributed by atoms with E-state index in [1.54, 1.807) is 6.07 Å².